The summed E-state index contributed by atoms with van der Waals surface area (Å²) < 4.78 is 0. The van der Waals surface area contributed by atoms with Gasteiger partial charge in [0, 0.05) is 12.4 Å². The number of allylic oxidation sites excluding steroid dienone is 1. The molecule has 0 saturated carbocycles. The average molecular weight is 176 g/mol. The summed E-state index contributed by atoms with van der Waals surface area (Å²) in [7, 11) is 0. The van der Waals surface area contributed by atoms with Gasteiger partial charge in [0.1, 0.15) is 5.82 Å². The van der Waals surface area contributed by atoms with Crippen LogP contribution in [0.3, 0.4) is 0 Å². The predicted octanol–water partition coefficient (Wildman–Crippen LogP) is 1.75. The van der Waals surface area contributed by atoms with E-state index in [0.717, 1.165) is 11.3 Å². The van der Waals surface area contributed by atoms with E-state index >= 15 is 0 Å². The largest absolute Gasteiger partial charge is 0.345 e. The van der Waals surface area contributed by atoms with Gasteiger partial charge in [-0.15, -0.1) is 0 Å². The number of aromatic nitrogens is 2. The van der Waals surface area contributed by atoms with Crippen LogP contribution in [0, 0.1) is 12.3 Å². The van der Waals surface area contributed by atoms with E-state index in [1.807, 2.05) is 13.8 Å². The normalized spacial score (nSPS) is 11.1. The zero-order valence-electron chi connectivity index (χ0n) is 7.70. The van der Waals surface area contributed by atoms with Crippen LogP contribution < -0.4 is 5.32 Å². The van der Waals surface area contributed by atoms with Gasteiger partial charge in [-0.25, -0.2) is 4.98 Å². The first-order chi connectivity index (χ1) is 6.22. The lowest BCUT2D eigenvalue weighted by atomic mass is 10.4. The molecule has 0 bridgehead atoms. The lowest BCUT2D eigenvalue weighted by molar-refractivity contribution is 1.12. The van der Waals surface area contributed by atoms with Gasteiger partial charge in [-0.1, -0.05) is 0 Å². The van der Waals surface area contributed by atoms with Crippen molar-refractivity contribution in [3.05, 3.63) is 29.9 Å². The van der Waals surface area contributed by atoms with Crippen molar-refractivity contribution in [1.29, 1.82) is 5.41 Å². The second-order valence-electron chi connectivity index (χ2n) is 2.72. The van der Waals surface area contributed by atoms with E-state index in [1.165, 1.54) is 6.21 Å². The van der Waals surface area contributed by atoms with Gasteiger partial charge >= 0.3 is 0 Å². The highest BCUT2D eigenvalue weighted by Crippen LogP contribution is 2.00. The topological polar surface area (TPSA) is 61.7 Å². The van der Waals surface area contributed by atoms with Gasteiger partial charge in [0.05, 0.1) is 18.1 Å². The molecule has 0 unspecified atom stereocenters. The molecule has 2 N–H and O–H groups in total. The molecule has 1 aromatic rings. The zero-order chi connectivity index (χ0) is 9.68. The Morgan fingerprint density at radius 2 is 2.23 bits per heavy atom. The summed E-state index contributed by atoms with van der Waals surface area (Å²) in [5.41, 5.74) is 1.72. The maximum absolute atomic E-state index is 6.94. The molecule has 1 aromatic heterocycles. The van der Waals surface area contributed by atoms with Crippen LogP contribution in [0.1, 0.15) is 12.6 Å². The number of nitrogens with zero attached hydrogens (tertiary/aromatic N) is 2. The SMILES string of the molecule is C/C(C=N)=C/Nc1cnc(C)cn1. The maximum Gasteiger partial charge on any atom is 0.148 e. The molecular weight excluding hydrogens is 164 g/mol. The molecule has 0 fully saturated rings. The summed E-state index contributed by atoms with van der Waals surface area (Å²) in [6.07, 6.45) is 6.33. The van der Waals surface area contributed by atoms with E-state index in [0.29, 0.717) is 5.82 Å². The maximum atomic E-state index is 6.94. The van der Waals surface area contributed by atoms with Crippen molar-refractivity contribution < 1.29 is 0 Å². The Morgan fingerprint density at radius 3 is 2.77 bits per heavy atom. The van der Waals surface area contributed by atoms with Crippen molar-refractivity contribution in [3.63, 3.8) is 0 Å². The van der Waals surface area contributed by atoms with E-state index in [1.54, 1.807) is 18.6 Å². The highest BCUT2D eigenvalue weighted by Gasteiger charge is 1.90. The molecule has 68 valence electrons. The van der Waals surface area contributed by atoms with E-state index in [9.17, 15) is 0 Å². The van der Waals surface area contributed by atoms with Gasteiger partial charge in [0.2, 0.25) is 0 Å². The number of anilines is 1. The molecule has 0 radical (unpaired) electrons. The molecule has 13 heavy (non-hydrogen) atoms. The van der Waals surface area contributed by atoms with Crippen LogP contribution in [0.25, 0.3) is 0 Å². The average Bonchev–Trinajstić information content (AvgIpc) is 2.16. The van der Waals surface area contributed by atoms with Gasteiger partial charge in [-0.05, 0) is 19.4 Å². The minimum absolute atomic E-state index is 0.687. The second kappa shape index (κ2) is 4.35. The number of hydrogen-bond acceptors (Lipinski definition) is 4. The summed E-state index contributed by atoms with van der Waals surface area (Å²) in [6.45, 7) is 3.72. The molecule has 0 atom stereocenters. The van der Waals surface area contributed by atoms with Gasteiger partial charge in [0.25, 0.3) is 0 Å². The Kier molecular flexibility index (Phi) is 3.14. The third-order valence-corrected chi connectivity index (χ3v) is 1.46. The van der Waals surface area contributed by atoms with Crippen molar-refractivity contribution >= 4 is 12.0 Å². The molecule has 4 heteroatoms. The van der Waals surface area contributed by atoms with Crippen LogP contribution in [0.2, 0.25) is 0 Å². The summed E-state index contributed by atoms with van der Waals surface area (Å²) in [4.78, 5) is 8.16. The first-order valence-corrected chi connectivity index (χ1v) is 3.95. The van der Waals surface area contributed by atoms with E-state index in [-0.39, 0.29) is 0 Å². The molecule has 0 aliphatic rings. The third kappa shape index (κ3) is 3.02. The van der Waals surface area contributed by atoms with Crippen LogP contribution in [-0.2, 0) is 0 Å². The first kappa shape index (κ1) is 9.38. The van der Waals surface area contributed by atoms with Crippen LogP contribution in [0.15, 0.2) is 24.2 Å². The van der Waals surface area contributed by atoms with E-state index < -0.39 is 0 Å². The van der Waals surface area contributed by atoms with E-state index in [2.05, 4.69) is 15.3 Å². The van der Waals surface area contributed by atoms with Crippen molar-refractivity contribution in [2.24, 2.45) is 0 Å². The molecule has 0 saturated heterocycles. The Balaban J connectivity index is 2.65. The highest BCUT2D eigenvalue weighted by molar-refractivity contribution is 5.75. The number of nitrogens with one attached hydrogen (secondary N) is 2. The monoisotopic (exact) mass is 176 g/mol. The minimum Gasteiger partial charge on any atom is -0.345 e. The summed E-state index contributed by atoms with van der Waals surface area (Å²) >= 11 is 0. The Morgan fingerprint density at radius 1 is 1.46 bits per heavy atom. The minimum atomic E-state index is 0.687. The van der Waals surface area contributed by atoms with Crippen molar-refractivity contribution in [2.75, 3.05) is 5.32 Å². The molecule has 0 amide bonds. The molecule has 0 aliphatic carbocycles. The van der Waals surface area contributed by atoms with Crippen molar-refractivity contribution in [2.45, 2.75) is 13.8 Å². The molecule has 1 heterocycles. The summed E-state index contributed by atoms with van der Waals surface area (Å²) in [5.74, 6) is 0.687. The molecule has 1 rings (SSSR count). The highest BCUT2D eigenvalue weighted by atomic mass is 15.0. The molecule has 4 nitrogen and oxygen atoms in total. The van der Waals surface area contributed by atoms with Crippen LogP contribution in [-0.4, -0.2) is 16.2 Å². The Bertz CT molecular complexity index is 313. The Labute approximate surface area is 77.2 Å². The number of rotatable bonds is 3. The third-order valence-electron chi connectivity index (χ3n) is 1.46. The van der Waals surface area contributed by atoms with Crippen LogP contribution in [0.5, 0.6) is 0 Å². The van der Waals surface area contributed by atoms with Gasteiger partial charge in [0.15, 0.2) is 0 Å². The molecule has 0 spiro atoms. The summed E-state index contributed by atoms with van der Waals surface area (Å²) in [5, 5.41) is 9.87. The lowest BCUT2D eigenvalue weighted by Crippen LogP contribution is -1.94. The van der Waals surface area contributed by atoms with Crippen molar-refractivity contribution in [3.8, 4) is 0 Å². The number of aryl methyl sites for hydroxylation is 1. The molecular formula is C9H12N4. The van der Waals surface area contributed by atoms with Crippen molar-refractivity contribution in [1.82, 2.24) is 9.97 Å². The lowest BCUT2D eigenvalue weighted by Gasteiger charge is -1.99. The van der Waals surface area contributed by atoms with Crippen LogP contribution in [0.4, 0.5) is 5.82 Å². The predicted molar refractivity (Wildman–Crippen MR) is 52.9 cm³/mol. The fourth-order valence-electron chi connectivity index (χ4n) is 0.697. The fourth-order valence-corrected chi connectivity index (χ4v) is 0.697. The molecule has 0 aromatic carbocycles. The standard InChI is InChI=1S/C9H12N4/c1-7(3-10)4-12-9-6-11-8(2)5-13-9/h3-6,10H,1-2H3,(H,12,13)/b7-4-,10-3?. The van der Waals surface area contributed by atoms with Gasteiger partial charge in [-0.3, -0.25) is 4.98 Å². The number of hydrogen-bond donors (Lipinski definition) is 2. The molecule has 0 aliphatic heterocycles. The zero-order valence-corrected chi connectivity index (χ0v) is 7.70. The van der Waals surface area contributed by atoms with Gasteiger partial charge < -0.3 is 10.7 Å². The van der Waals surface area contributed by atoms with Gasteiger partial charge in [-0.2, -0.15) is 0 Å². The summed E-state index contributed by atoms with van der Waals surface area (Å²) in [6, 6.07) is 0. The Hall–Kier alpha value is -1.71. The fraction of sp³-hybridized carbons (Fsp3) is 0.222. The second-order valence-corrected chi connectivity index (χ2v) is 2.72. The van der Waals surface area contributed by atoms with E-state index in [4.69, 9.17) is 5.41 Å². The smallest absolute Gasteiger partial charge is 0.148 e. The first-order valence-electron chi connectivity index (χ1n) is 3.95. The quantitative estimate of drug-likeness (QED) is 0.690. The van der Waals surface area contributed by atoms with Crippen LogP contribution >= 0.6 is 0 Å².